The van der Waals surface area contributed by atoms with Crippen molar-refractivity contribution in [3.8, 4) is 22.9 Å². The predicted molar refractivity (Wildman–Crippen MR) is 157 cm³/mol. The Morgan fingerprint density at radius 2 is 1.78 bits per heavy atom. The van der Waals surface area contributed by atoms with Crippen LogP contribution >= 0.6 is 11.6 Å². The molecule has 2 aromatic carbocycles. The third-order valence-electron chi connectivity index (χ3n) is 6.76. The lowest BCUT2D eigenvalue weighted by molar-refractivity contribution is 0.774. The second-order valence-corrected chi connectivity index (χ2v) is 9.66. The highest BCUT2D eigenvalue weighted by atomic mass is 35.5. The van der Waals surface area contributed by atoms with E-state index in [1.54, 1.807) is 23.0 Å². The molecular weight excluding hydrogens is 540 g/mol. The molecular formula is C30H21ClN8O2. The number of nitrogens with one attached hydrogen (secondary N) is 2. The normalized spacial score (nSPS) is 11.8. The first kappa shape index (κ1) is 25.9. The summed E-state index contributed by atoms with van der Waals surface area (Å²) in [6.45, 7) is 1.85. The third-order valence-corrected chi connectivity index (χ3v) is 7.16. The minimum atomic E-state index is -0.560. The number of nitriles is 1. The lowest BCUT2D eigenvalue weighted by Crippen LogP contribution is -2.27. The van der Waals surface area contributed by atoms with Crippen molar-refractivity contribution in [3.05, 3.63) is 117 Å². The maximum atomic E-state index is 14.4. The van der Waals surface area contributed by atoms with E-state index in [-0.39, 0.29) is 17.4 Å². The van der Waals surface area contributed by atoms with Gasteiger partial charge in [-0.2, -0.15) is 5.26 Å². The minimum Gasteiger partial charge on any atom is -0.361 e. The molecule has 41 heavy (non-hydrogen) atoms. The van der Waals surface area contributed by atoms with Gasteiger partial charge in [0.15, 0.2) is 5.43 Å². The molecule has 0 amide bonds. The minimum absolute atomic E-state index is 0.0875. The summed E-state index contributed by atoms with van der Waals surface area (Å²) in [5, 5.41) is 13.9. The summed E-state index contributed by atoms with van der Waals surface area (Å²) >= 11 is 7.14. The summed E-state index contributed by atoms with van der Waals surface area (Å²) in [6.07, 6.45) is 6.17. The molecule has 1 unspecified atom stereocenters. The molecule has 0 saturated carbocycles. The number of pyridine rings is 2. The molecule has 0 spiro atoms. The Labute approximate surface area is 238 Å². The van der Waals surface area contributed by atoms with Gasteiger partial charge in [0.05, 0.1) is 34.6 Å². The summed E-state index contributed by atoms with van der Waals surface area (Å²) in [5.41, 5.74) is 2.20. The fourth-order valence-electron chi connectivity index (χ4n) is 4.93. The molecule has 4 heterocycles. The first-order valence-corrected chi connectivity index (χ1v) is 13.1. The number of para-hydroxylation sites is 1. The number of aromatic nitrogens is 6. The monoisotopic (exact) mass is 560 g/mol. The van der Waals surface area contributed by atoms with Gasteiger partial charge in [-0.05, 0) is 24.6 Å². The van der Waals surface area contributed by atoms with Gasteiger partial charge in [0.1, 0.15) is 29.0 Å². The van der Waals surface area contributed by atoms with Gasteiger partial charge < -0.3 is 10.3 Å². The Balaban J connectivity index is 1.59. The average Bonchev–Trinajstić information content (AvgIpc) is 2.99. The summed E-state index contributed by atoms with van der Waals surface area (Å²) in [5.74, 6) is 0.713. The fourth-order valence-corrected chi connectivity index (χ4v) is 5.33. The number of hydrogen-bond acceptors (Lipinski definition) is 8. The van der Waals surface area contributed by atoms with E-state index in [0.717, 1.165) is 0 Å². The van der Waals surface area contributed by atoms with Crippen LogP contribution in [-0.2, 0) is 6.42 Å². The van der Waals surface area contributed by atoms with E-state index in [1.165, 1.54) is 18.6 Å². The highest BCUT2D eigenvalue weighted by Crippen LogP contribution is 2.36. The van der Waals surface area contributed by atoms with Crippen molar-refractivity contribution in [2.24, 2.45) is 0 Å². The molecule has 200 valence electrons. The molecule has 2 N–H and O–H groups in total. The highest BCUT2D eigenvalue weighted by molar-refractivity contribution is 6.36. The average molecular weight is 561 g/mol. The molecule has 0 aliphatic heterocycles. The van der Waals surface area contributed by atoms with Crippen molar-refractivity contribution in [1.29, 1.82) is 5.26 Å². The van der Waals surface area contributed by atoms with Crippen LogP contribution in [0.4, 0.5) is 5.82 Å². The summed E-state index contributed by atoms with van der Waals surface area (Å²) < 4.78 is 1.57. The number of aromatic amines is 1. The van der Waals surface area contributed by atoms with Gasteiger partial charge in [0.2, 0.25) is 0 Å². The largest absolute Gasteiger partial charge is 0.361 e. The summed E-state index contributed by atoms with van der Waals surface area (Å²) in [7, 11) is 0. The number of rotatable bonds is 6. The van der Waals surface area contributed by atoms with Crippen LogP contribution in [0, 0.1) is 11.3 Å². The molecule has 0 aliphatic rings. The van der Waals surface area contributed by atoms with Crippen molar-refractivity contribution in [3.63, 3.8) is 0 Å². The van der Waals surface area contributed by atoms with Gasteiger partial charge in [-0.25, -0.2) is 19.9 Å². The lowest BCUT2D eigenvalue weighted by atomic mass is 9.99. The maximum absolute atomic E-state index is 14.4. The Morgan fingerprint density at radius 3 is 2.54 bits per heavy atom. The first-order valence-electron chi connectivity index (χ1n) is 12.7. The van der Waals surface area contributed by atoms with Gasteiger partial charge in [-0.1, -0.05) is 48.0 Å². The Bertz CT molecular complexity index is 2080. The Hall–Kier alpha value is -5.40. The van der Waals surface area contributed by atoms with Crippen LogP contribution in [-0.4, -0.2) is 29.5 Å². The van der Waals surface area contributed by atoms with Crippen molar-refractivity contribution >= 4 is 39.2 Å². The van der Waals surface area contributed by atoms with Gasteiger partial charge >= 0.3 is 0 Å². The maximum Gasteiger partial charge on any atom is 0.263 e. The van der Waals surface area contributed by atoms with Crippen LogP contribution < -0.4 is 16.3 Å². The molecule has 10 nitrogen and oxygen atoms in total. The number of H-pyrrole nitrogens is 1. The predicted octanol–water partition coefficient (Wildman–Crippen LogP) is 4.97. The number of benzene rings is 2. The van der Waals surface area contributed by atoms with Crippen molar-refractivity contribution in [1.82, 2.24) is 29.5 Å². The van der Waals surface area contributed by atoms with Crippen LogP contribution in [0.3, 0.4) is 0 Å². The quantitative estimate of drug-likeness (QED) is 0.291. The van der Waals surface area contributed by atoms with Crippen LogP contribution in [0.5, 0.6) is 0 Å². The number of halogens is 1. The van der Waals surface area contributed by atoms with Crippen LogP contribution in [0.25, 0.3) is 38.6 Å². The van der Waals surface area contributed by atoms with Crippen LogP contribution in [0.15, 0.2) is 89.1 Å². The molecule has 6 rings (SSSR count). The van der Waals surface area contributed by atoms with E-state index in [2.05, 4.69) is 30.2 Å². The first-order chi connectivity index (χ1) is 20.0. The van der Waals surface area contributed by atoms with Crippen LogP contribution in [0.1, 0.15) is 24.5 Å². The van der Waals surface area contributed by atoms with Gasteiger partial charge in [0, 0.05) is 41.3 Å². The molecule has 1 atom stereocenters. The summed E-state index contributed by atoms with van der Waals surface area (Å²) in [4.78, 5) is 47.1. The van der Waals surface area contributed by atoms with Gasteiger partial charge in [-0.3, -0.25) is 14.2 Å². The van der Waals surface area contributed by atoms with Gasteiger partial charge in [0.25, 0.3) is 5.56 Å². The topological polar surface area (TPSA) is 142 Å². The molecule has 6 aromatic rings. The molecule has 0 bridgehead atoms. The van der Waals surface area contributed by atoms with Crippen molar-refractivity contribution < 1.29 is 0 Å². The van der Waals surface area contributed by atoms with E-state index >= 15 is 0 Å². The zero-order valence-corrected chi connectivity index (χ0v) is 22.4. The highest BCUT2D eigenvalue weighted by Gasteiger charge is 2.24. The fraction of sp³-hybridized carbons (Fsp3) is 0.100. The van der Waals surface area contributed by atoms with E-state index in [1.807, 2.05) is 55.5 Å². The molecule has 0 radical (unpaired) electrons. The molecule has 0 saturated heterocycles. The van der Waals surface area contributed by atoms with E-state index in [4.69, 9.17) is 16.9 Å². The van der Waals surface area contributed by atoms with Crippen LogP contribution in [0.2, 0.25) is 5.02 Å². The third kappa shape index (κ3) is 4.58. The van der Waals surface area contributed by atoms with E-state index in [0.29, 0.717) is 61.0 Å². The van der Waals surface area contributed by atoms with Crippen molar-refractivity contribution in [2.75, 3.05) is 5.32 Å². The SMILES string of the molecule is CC(Nc1ncnc2[nH]ccc(=O)c12)c1c(Cl)c2cccc(-c3cnc(CC#N)nc3)c2c(=O)n1-c1ccccc1. The smallest absolute Gasteiger partial charge is 0.263 e. The molecule has 0 fully saturated rings. The summed E-state index contributed by atoms with van der Waals surface area (Å²) in [6, 6.07) is 17.5. The Morgan fingerprint density at radius 1 is 1.00 bits per heavy atom. The number of nitrogens with zero attached hydrogens (tertiary/aromatic N) is 6. The van der Waals surface area contributed by atoms with Crippen molar-refractivity contribution in [2.45, 2.75) is 19.4 Å². The molecule has 4 aromatic heterocycles. The van der Waals surface area contributed by atoms with E-state index in [9.17, 15) is 9.59 Å². The Kier molecular flexibility index (Phi) is 6.71. The molecule has 11 heteroatoms. The standard InChI is InChI=1S/C30H21ClN8O2/c1-17(38-29-25-22(40)11-13-33-28(25)36-16-37-29)27-26(31)21-9-5-8-20(18-14-34-23(10-12-32)35-15-18)24(21)30(41)39(27)19-6-3-2-4-7-19/h2-9,11,13-17H,10H2,1H3,(H2,33,36,37,38,40). The second-order valence-electron chi connectivity index (χ2n) is 9.28. The number of hydrogen-bond donors (Lipinski definition) is 2. The number of anilines is 1. The zero-order chi connectivity index (χ0) is 28.5. The van der Waals surface area contributed by atoms with E-state index < -0.39 is 6.04 Å². The zero-order valence-electron chi connectivity index (χ0n) is 21.7. The molecule has 0 aliphatic carbocycles. The lowest BCUT2D eigenvalue weighted by Gasteiger charge is -2.24. The van der Waals surface area contributed by atoms with Gasteiger partial charge in [-0.15, -0.1) is 0 Å². The second kappa shape index (κ2) is 10.6. The number of fused-ring (bicyclic) bond motifs is 2.